The van der Waals surface area contributed by atoms with Crippen LogP contribution in [-0.4, -0.2) is 142 Å². The van der Waals surface area contributed by atoms with Crippen molar-refractivity contribution in [3.63, 3.8) is 0 Å². The Bertz CT molecular complexity index is 1380. The van der Waals surface area contributed by atoms with E-state index in [1.165, 1.54) is 108 Å². The average Bonchev–Trinajstić information content (AvgIpc) is 3.93. The third-order valence-corrected chi connectivity index (χ3v) is 12.8. The van der Waals surface area contributed by atoms with Crippen LogP contribution in [-0.2, 0) is 30.4 Å². The number of nitrogens with one attached hydrogen (secondary N) is 3. The molecule has 17 heteroatoms. The second-order valence-corrected chi connectivity index (χ2v) is 17.8. The van der Waals surface area contributed by atoms with E-state index >= 15 is 0 Å². The van der Waals surface area contributed by atoms with E-state index in [4.69, 9.17) is 0 Å². The Hall–Kier alpha value is -3.25. The van der Waals surface area contributed by atoms with Crippen LogP contribution < -0.4 is 10.6 Å². The molecule has 16 nitrogen and oxygen atoms in total. The Balaban J connectivity index is 2.08. The van der Waals surface area contributed by atoms with Gasteiger partial charge in [-0.2, -0.15) is 0 Å². The summed E-state index contributed by atoms with van der Waals surface area (Å²) in [5.74, 6) is -4.13. The molecule has 1 aromatic heterocycles. The number of carbonyl (C=O) groups excluding carboxylic acids is 4. The van der Waals surface area contributed by atoms with Crippen molar-refractivity contribution in [3.05, 3.63) is 18.2 Å². The number of rotatable bonds is 34. The van der Waals surface area contributed by atoms with Gasteiger partial charge in [0.15, 0.2) is 6.10 Å². The minimum absolute atomic E-state index is 0.137. The van der Waals surface area contributed by atoms with Crippen molar-refractivity contribution in [1.29, 1.82) is 0 Å². The minimum atomic E-state index is -2.36. The second-order valence-electron chi connectivity index (χ2n) is 16.7. The summed E-state index contributed by atoms with van der Waals surface area (Å²) in [7, 11) is 0. The molecule has 0 spiro atoms. The molecule has 1 fully saturated rings. The topological polar surface area (TPSA) is 246 Å². The first-order valence-corrected chi connectivity index (χ1v) is 24.0. The molecule has 4 amide bonds. The third-order valence-electron chi connectivity index (χ3n) is 11.5. The van der Waals surface area contributed by atoms with E-state index in [-0.39, 0.29) is 18.1 Å². The first kappa shape index (κ1) is 53.9. The van der Waals surface area contributed by atoms with Crippen LogP contribution in [0.25, 0.3) is 0 Å². The highest BCUT2D eigenvalue weighted by molar-refractivity contribution is 8.00. The standard InChI is InChI=1S/C44H78N6O10S/c1-5-7-9-11-13-15-17-19-21-23-25-49(26-24-22-20-18-16-14-12-10-8-6-2)42(58)35-29-61-43(50(35)32(4)51)39(55)37(53)36(52)38(54)41(57)48-34(27-33-28-45-30-46-33)40(56)47-31(3)44(59)60/h28,30-31,34-39,43,52-55H,5-27,29H2,1-4H3,(H,45,46)(H,47,56)(H,48,57)(H,59,60)/t31-,34-,35?,36+,37-,38-,39-,43?/m0/s1. The van der Waals surface area contributed by atoms with E-state index in [2.05, 4.69) is 34.4 Å². The number of aliphatic hydroxyl groups is 4. The van der Waals surface area contributed by atoms with E-state index in [1.807, 2.05) is 4.90 Å². The molecule has 8 atom stereocenters. The Labute approximate surface area is 367 Å². The lowest BCUT2D eigenvalue weighted by Crippen LogP contribution is -2.59. The van der Waals surface area contributed by atoms with E-state index in [0.717, 1.165) is 63.1 Å². The number of aromatic nitrogens is 2. The monoisotopic (exact) mass is 883 g/mol. The number of amides is 4. The summed E-state index contributed by atoms with van der Waals surface area (Å²) in [6, 6.07) is -3.66. The van der Waals surface area contributed by atoms with Crippen LogP contribution in [0.1, 0.15) is 162 Å². The SMILES string of the molecule is CCCCCCCCCCCCN(CCCCCCCCCCCC)C(=O)C1CSC([C@@H](O)[C@@H](O)[C@@H](O)[C@H](O)C(=O)N[C@@H](Cc2cnc[nH]2)C(=O)N[C@@H](C)C(=O)O)N1C(C)=O. The summed E-state index contributed by atoms with van der Waals surface area (Å²) in [5.41, 5.74) is 0.395. The number of hydrogen-bond donors (Lipinski definition) is 8. The van der Waals surface area contributed by atoms with E-state index in [9.17, 15) is 49.5 Å². The van der Waals surface area contributed by atoms with Gasteiger partial charge in [-0.25, -0.2) is 4.98 Å². The molecule has 0 bridgehead atoms. The lowest BCUT2D eigenvalue weighted by molar-refractivity contribution is -0.155. The van der Waals surface area contributed by atoms with Crippen molar-refractivity contribution < 1.29 is 49.5 Å². The molecule has 0 saturated carbocycles. The van der Waals surface area contributed by atoms with Crippen molar-refractivity contribution in [2.24, 2.45) is 0 Å². The molecular weight excluding hydrogens is 805 g/mol. The molecule has 2 unspecified atom stereocenters. The zero-order chi connectivity index (χ0) is 45.2. The molecule has 61 heavy (non-hydrogen) atoms. The van der Waals surface area contributed by atoms with Crippen LogP contribution in [0.15, 0.2) is 12.5 Å². The van der Waals surface area contributed by atoms with E-state index < -0.39 is 71.6 Å². The highest BCUT2D eigenvalue weighted by Gasteiger charge is 2.48. The van der Waals surface area contributed by atoms with Gasteiger partial charge in [-0.15, -0.1) is 11.8 Å². The normalized spacial score (nSPS) is 18.2. The molecule has 1 aliphatic heterocycles. The number of hydrogen-bond acceptors (Lipinski definition) is 11. The second kappa shape index (κ2) is 30.7. The fourth-order valence-corrected chi connectivity index (χ4v) is 9.17. The zero-order valence-electron chi connectivity index (χ0n) is 37.3. The maximum Gasteiger partial charge on any atom is 0.325 e. The number of aliphatic carboxylic acids is 1. The van der Waals surface area contributed by atoms with Gasteiger partial charge in [-0.3, -0.25) is 24.0 Å². The highest BCUT2D eigenvalue weighted by atomic mass is 32.2. The summed E-state index contributed by atoms with van der Waals surface area (Å²) in [4.78, 5) is 74.5. The summed E-state index contributed by atoms with van der Waals surface area (Å²) in [5, 5.41) is 56.8. The average molecular weight is 883 g/mol. The molecule has 0 radical (unpaired) electrons. The van der Waals surface area contributed by atoms with Crippen molar-refractivity contribution in [2.45, 2.75) is 210 Å². The molecule has 350 valence electrons. The summed E-state index contributed by atoms with van der Waals surface area (Å²) in [6.07, 6.45) is 17.0. The number of carboxylic acids is 1. The first-order valence-electron chi connectivity index (χ1n) is 23.0. The number of imidazole rings is 1. The number of carbonyl (C=O) groups is 5. The number of unbranched alkanes of at least 4 members (excludes halogenated alkanes) is 18. The quantitative estimate of drug-likeness (QED) is 0.0449. The maximum absolute atomic E-state index is 14.2. The molecular formula is C44H78N6O10S. The molecule has 2 rings (SSSR count). The van der Waals surface area contributed by atoms with Gasteiger partial charge >= 0.3 is 5.97 Å². The van der Waals surface area contributed by atoms with Crippen LogP contribution in [0, 0.1) is 0 Å². The molecule has 8 N–H and O–H groups in total. The molecule has 2 heterocycles. The zero-order valence-corrected chi connectivity index (χ0v) is 38.1. The minimum Gasteiger partial charge on any atom is -0.480 e. The number of H-pyrrole nitrogens is 1. The molecule has 1 aliphatic rings. The Morgan fingerprint density at radius 2 is 1.26 bits per heavy atom. The van der Waals surface area contributed by atoms with E-state index in [1.54, 1.807) is 0 Å². The van der Waals surface area contributed by atoms with Gasteiger partial charge in [0.25, 0.3) is 5.91 Å². The van der Waals surface area contributed by atoms with Gasteiger partial charge < -0.3 is 51.0 Å². The molecule has 0 aliphatic carbocycles. The van der Waals surface area contributed by atoms with Crippen molar-refractivity contribution in [1.82, 2.24) is 30.4 Å². The van der Waals surface area contributed by atoms with E-state index in [0.29, 0.717) is 18.8 Å². The maximum atomic E-state index is 14.2. The fraction of sp³-hybridized carbons (Fsp3) is 0.818. The lowest BCUT2D eigenvalue weighted by Gasteiger charge is -2.36. The predicted molar refractivity (Wildman–Crippen MR) is 236 cm³/mol. The molecule has 0 aromatic carbocycles. The number of nitrogens with zero attached hydrogens (tertiary/aromatic N) is 3. The summed E-state index contributed by atoms with van der Waals surface area (Å²) < 4.78 is 0. The third kappa shape index (κ3) is 19.8. The largest absolute Gasteiger partial charge is 0.480 e. The number of aliphatic hydroxyl groups excluding tert-OH is 4. The lowest BCUT2D eigenvalue weighted by atomic mass is 10.0. The van der Waals surface area contributed by atoms with Crippen molar-refractivity contribution in [3.8, 4) is 0 Å². The number of aromatic amines is 1. The van der Waals surface area contributed by atoms with Gasteiger partial charge in [0.1, 0.15) is 41.8 Å². The highest BCUT2D eigenvalue weighted by Crippen LogP contribution is 2.34. The van der Waals surface area contributed by atoms with Crippen LogP contribution in [0.3, 0.4) is 0 Å². The van der Waals surface area contributed by atoms with Gasteiger partial charge in [0.2, 0.25) is 17.7 Å². The van der Waals surface area contributed by atoms with Crippen LogP contribution in [0.2, 0.25) is 0 Å². The first-order chi connectivity index (χ1) is 29.2. The Morgan fingerprint density at radius 3 is 1.70 bits per heavy atom. The van der Waals surface area contributed by atoms with Gasteiger partial charge in [-0.1, -0.05) is 129 Å². The summed E-state index contributed by atoms with van der Waals surface area (Å²) in [6.45, 7) is 8.01. The van der Waals surface area contributed by atoms with Crippen LogP contribution in [0.5, 0.6) is 0 Å². The van der Waals surface area contributed by atoms with Crippen LogP contribution in [0.4, 0.5) is 0 Å². The van der Waals surface area contributed by atoms with Crippen LogP contribution >= 0.6 is 11.8 Å². The fourth-order valence-electron chi connectivity index (χ4n) is 7.67. The Kier molecular flexibility index (Phi) is 27.2. The summed E-state index contributed by atoms with van der Waals surface area (Å²) >= 11 is 1.06. The van der Waals surface area contributed by atoms with Gasteiger partial charge in [0, 0.05) is 44.1 Å². The predicted octanol–water partition coefficient (Wildman–Crippen LogP) is 4.43. The van der Waals surface area contributed by atoms with Crippen molar-refractivity contribution >= 4 is 41.4 Å². The van der Waals surface area contributed by atoms with Crippen molar-refractivity contribution in [2.75, 3.05) is 18.8 Å². The number of thioether (sulfide) groups is 1. The molecule has 1 aromatic rings. The Morgan fingerprint density at radius 1 is 0.770 bits per heavy atom. The molecule has 1 saturated heterocycles. The van der Waals surface area contributed by atoms with Gasteiger partial charge in [0.05, 0.1) is 6.33 Å². The number of carboxylic acid groups (broad SMARTS) is 1. The smallest absolute Gasteiger partial charge is 0.325 e. The van der Waals surface area contributed by atoms with Gasteiger partial charge in [-0.05, 0) is 19.8 Å².